The second-order valence-electron chi connectivity index (χ2n) is 2.91. The largest absolute Gasteiger partial charge is 0.269 e. The lowest BCUT2D eigenvalue weighted by Gasteiger charge is -2.03. The van der Waals surface area contributed by atoms with Crippen LogP contribution in [-0.2, 0) is 0 Å². The Morgan fingerprint density at radius 3 is 1.75 bits per heavy atom. The molecule has 2 nitrogen and oxygen atoms in total. The maximum Gasteiger partial charge on any atom is 0.0157 e. The molecule has 2 N–H and O–H groups in total. The second kappa shape index (κ2) is 2.03. The van der Waals surface area contributed by atoms with Crippen LogP contribution in [-0.4, -0.2) is 18.1 Å². The first-order valence-corrected chi connectivity index (χ1v) is 3.20. The average Bonchev–Trinajstić information content (AvgIpc) is 1.85. The van der Waals surface area contributed by atoms with Crippen LogP contribution in [0.1, 0.15) is 13.8 Å². The summed E-state index contributed by atoms with van der Waals surface area (Å²) >= 11 is 0. The highest BCUT2D eigenvalue weighted by Gasteiger charge is 2.22. The van der Waals surface area contributed by atoms with Crippen LogP contribution < -0.4 is 5.84 Å². The SMILES string of the molecule is CC1CN(N)CC1C. The topological polar surface area (TPSA) is 29.3 Å². The zero-order valence-corrected chi connectivity index (χ0v) is 5.59. The molecule has 1 saturated heterocycles. The predicted octanol–water partition coefficient (Wildman–Crippen LogP) is 0.448. The molecule has 2 atom stereocenters. The standard InChI is InChI=1S/C6H14N2/c1-5-3-8(7)4-6(5)2/h5-6H,3-4,7H2,1-2H3. The van der Waals surface area contributed by atoms with Crippen molar-refractivity contribution in [3.63, 3.8) is 0 Å². The van der Waals surface area contributed by atoms with E-state index in [1.54, 1.807) is 0 Å². The molecule has 1 rings (SSSR count). The smallest absolute Gasteiger partial charge is 0.0157 e. The molecule has 0 aliphatic carbocycles. The van der Waals surface area contributed by atoms with Gasteiger partial charge in [0.2, 0.25) is 0 Å². The van der Waals surface area contributed by atoms with Crippen molar-refractivity contribution in [3.8, 4) is 0 Å². The first-order chi connectivity index (χ1) is 3.70. The highest BCUT2D eigenvalue weighted by Crippen LogP contribution is 2.18. The molecule has 0 aromatic carbocycles. The van der Waals surface area contributed by atoms with Gasteiger partial charge in [0, 0.05) is 13.1 Å². The molecule has 8 heavy (non-hydrogen) atoms. The van der Waals surface area contributed by atoms with E-state index in [0.29, 0.717) is 0 Å². The van der Waals surface area contributed by atoms with Crippen molar-refractivity contribution < 1.29 is 0 Å². The average molecular weight is 114 g/mol. The zero-order valence-electron chi connectivity index (χ0n) is 5.59. The molecule has 2 heteroatoms. The fourth-order valence-electron chi connectivity index (χ4n) is 1.17. The van der Waals surface area contributed by atoms with Crippen molar-refractivity contribution in [2.45, 2.75) is 13.8 Å². The van der Waals surface area contributed by atoms with Gasteiger partial charge in [0.05, 0.1) is 0 Å². The third-order valence-corrected chi connectivity index (χ3v) is 2.02. The Hall–Kier alpha value is -0.0800. The molecule has 1 fully saturated rings. The number of hydrazine groups is 1. The van der Waals surface area contributed by atoms with Crippen molar-refractivity contribution in [2.75, 3.05) is 13.1 Å². The molecular formula is C6H14N2. The summed E-state index contributed by atoms with van der Waals surface area (Å²) in [4.78, 5) is 0. The van der Waals surface area contributed by atoms with E-state index >= 15 is 0 Å². The lowest BCUT2D eigenvalue weighted by atomic mass is 10.0. The fraction of sp³-hybridized carbons (Fsp3) is 1.00. The molecule has 0 aromatic rings. The van der Waals surface area contributed by atoms with Crippen molar-refractivity contribution in [1.82, 2.24) is 5.01 Å². The number of nitrogens with two attached hydrogens (primary N) is 1. The Morgan fingerprint density at radius 2 is 1.62 bits per heavy atom. The van der Waals surface area contributed by atoms with E-state index in [-0.39, 0.29) is 0 Å². The Labute approximate surface area is 50.6 Å². The Bertz CT molecular complexity index is 72.6. The van der Waals surface area contributed by atoms with E-state index < -0.39 is 0 Å². The minimum absolute atomic E-state index is 0.792. The van der Waals surface area contributed by atoms with Crippen molar-refractivity contribution >= 4 is 0 Å². The fourth-order valence-corrected chi connectivity index (χ4v) is 1.17. The third kappa shape index (κ3) is 1.01. The summed E-state index contributed by atoms with van der Waals surface area (Å²) in [7, 11) is 0. The number of hydrogen-bond donors (Lipinski definition) is 1. The van der Waals surface area contributed by atoms with Gasteiger partial charge in [-0.2, -0.15) is 0 Å². The summed E-state index contributed by atoms with van der Waals surface area (Å²) in [5.41, 5.74) is 0. The molecule has 2 unspecified atom stereocenters. The second-order valence-corrected chi connectivity index (χ2v) is 2.91. The molecule has 0 spiro atoms. The number of rotatable bonds is 0. The number of hydrogen-bond acceptors (Lipinski definition) is 2. The molecule has 1 aliphatic heterocycles. The van der Waals surface area contributed by atoms with Gasteiger partial charge in [0.25, 0.3) is 0 Å². The molecule has 1 heterocycles. The molecule has 0 bridgehead atoms. The lowest BCUT2D eigenvalue weighted by Crippen LogP contribution is -2.27. The lowest BCUT2D eigenvalue weighted by molar-refractivity contribution is 0.338. The van der Waals surface area contributed by atoms with Crippen LogP contribution in [0.15, 0.2) is 0 Å². The van der Waals surface area contributed by atoms with E-state index in [4.69, 9.17) is 5.84 Å². The van der Waals surface area contributed by atoms with E-state index in [1.807, 2.05) is 5.01 Å². The highest BCUT2D eigenvalue weighted by atomic mass is 15.4. The van der Waals surface area contributed by atoms with E-state index in [1.165, 1.54) is 0 Å². The Kier molecular flexibility index (Phi) is 1.54. The maximum atomic E-state index is 5.55. The molecule has 0 saturated carbocycles. The van der Waals surface area contributed by atoms with Gasteiger partial charge in [-0.05, 0) is 11.8 Å². The van der Waals surface area contributed by atoms with E-state index in [2.05, 4.69) is 13.8 Å². The molecule has 1 aliphatic rings. The van der Waals surface area contributed by atoms with Gasteiger partial charge in [-0.1, -0.05) is 13.8 Å². The van der Waals surface area contributed by atoms with Crippen LogP contribution in [0.5, 0.6) is 0 Å². The molecule has 0 radical (unpaired) electrons. The summed E-state index contributed by atoms with van der Waals surface area (Å²) in [6.45, 7) is 6.64. The van der Waals surface area contributed by atoms with Crippen LogP contribution in [0.3, 0.4) is 0 Å². The highest BCUT2D eigenvalue weighted by molar-refractivity contribution is 4.74. The van der Waals surface area contributed by atoms with Gasteiger partial charge in [-0.3, -0.25) is 5.84 Å². The van der Waals surface area contributed by atoms with Crippen LogP contribution >= 0.6 is 0 Å². The van der Waals surface area contributed by atoms with Gasteiger partial charge in [-0.25, -0.2) is 5.01 Å². The summed E-state index contributed by atoms with van der Waals surface area (Å²) in [5.74, 6) is 7.13. The first kappa shape index (κ1) is 6.05. The molecule has 0 aromatic heterocycles. The summed E-state index contributed by atoms with van der Waals surface area (Å²) in [6, 6.07) is 0. The van der Waals surface area contributed by atoms with Gasteiger partial charge in [0.1, 0.15) is 0 Å². The van der Waals surface area contributed by atoms with E-state index in [9.17, 15) is 0 Å². The predicted molar refractivity (Wildman–Crippen MR) is 34.1 cm³/mol. The first-order valence-electron chi connectivity index (χ1n) is 3.20. The Balaban J connectivity index is 2.39. The minimum Gasteiger partial charge on any atom is -0.269 e. The van der Waals surface area contributed by atoms with Crippen LogP contribution in [0, 0.1) is 11.8 Å². The monoisotopic (exact) mass is 114 g/mol. The number of nitrogens with zero attached hydrogens (tertiary/aromatic N) is 1. The summed E-state index contributed by atoms with van der Waals surface area (Å²) in [6.07, 6.45) is 0. The van der Waals surface area contributed by atoms with Crippen LogP contribution in [0.2, 0.25) is 0 Å². The third-order valence-electron chi connectivity index (χ3n) is 2.02. The molecular weight excluding hydrogens is 100 g/mol. The summed E-state index contributed by atoms with van der Waals surface area (Å²) in [5, 5.41) is 1.90. The quantitative estimate of drug-likeness (QED) is 0.463. The minimum atomic E-state index is 0.792. The Morgan fingerprint density at radius 1 is 1.25 bits per heavy atom. The normalized spacial score (nSPS) is 40.9. The van der Waals surface area contributed by atoms with Gasteiger partial charge < -0.3 is 0 Å². The zero-order chi connectivity index (χ0) is 6.15. The van der Waals surface area contributed by atoms with Gasteiger partial charge in [0.15, 0.2) is 0 Å². The van der Waals surface area contributed by atoms with Crippen molar-refractivity contribution in [3.05, 3.63) is 0 Å². The van der Waals surface area contributed by atoms with Crippen molar-refractivity contribution in [1.29, 1.82) is 0 Å². The molecule has 0 amide bonds. The summed E-state index contributed by atoms with van der Waals surface area (Å²) < 4.78 is 0. The van der Waals surface area contributed by atoms with Gasteiger partial charge >= 0.3 is 0 Å². The van der Waals surface area contributed by atoms with Crippen molar-refractivity contribution in [2.24, 2.45) is 17.7 Å². The van der Waals surface area contributed by atoms with Gasteiger partial charge in [-0.15, -0.1) is 0 Å². The molecule has 48 valence electrons. The van der Waals surface area contributed by atoms with E-state index in [0.717, 1.165) is 24.9 Å². The van der Waals surface area contributed by atoms with Crippen LogP contribution in [0.25, 0.3) is 0 Å². The van der Waals surface area contributed by atoms with Crippen LogP contribution in [0.4, 0.5) is 0 Å². The maximum absolute atomic E-state index is 5.55.